The highest BCUT2D eigenvalue weighted by Gasteiger charge is 2.13. The van der Waals surface area contributed by atoms with Crippen molar-refractivity contribution in [1.29, 1.82) is 0 Å². The van der Waals surface area contributed by atoms with Gasteiger partial charge in [0, 0.05) is 18.7 Å². The number of aromatic nitrogens is 2. The molecule has 0 saturated heterocycles. The van der Waals surface area contributed by atoms with Crippen molar-refractivity contribution in [2.75, 3.05) is 19.4 Å². The Hall–Kier alpha value is -1.53. The van der Waals surface area contributed by atoms with Crippen LogP contribution in [0.1, 0.15) is 30.8 Å². The number of benzene rings is 1. The third-order valence-electron chi connectivity index (χ3n) is 3.04. The van der Waals surface area contributed by atoms with E-state index in [0.717, 1.165) is 24.5 Å². The van der Waals surface area contributed by atoms with Crippen LogP contribution in [0.2, 0.25) is 0 Å². The zero-order valence-corrected chi connectivity index (χ0v) is 13.4. The highest BCUT2D eigenvalue weighted by Crippen LogP contribution is 2.25. The number of rotatable bonds is 8. The third-order valence-corrected chi connectivity index (χ3v) is 3.95. The lowest BCUT2D eigenvalue weighted by molar-refractivity contribution is 0.414. The SMILES string of the molecule is CCCNC(CSc1nnc(C)o1)c1ccc(OC)cc1. The fourth-order valence-electron chi connectivity index (χ4n) is 1.92. The van der Waals surface area contributed by atoms with Crippen LogP contribution in [0.4, 0.5) is 0 Å². The van der Waals surface area contributed by atoms with Gasteiger partial charge in [-0.3, -0.25) is 0 Å². The van der Waals surface area contributed by atoms with Gasteiger partial charge in [-0.05, 0) is 30.7 Å². The van der Waals surface area contributed by atoms with E-state index >= 15 is 0 Å². The van der Waals surface area contributed by atoms with Crippen LogP contribution >= 0.6 is 11.8 Å². The van der Waals surface area contributed by atoms with E-state index < -0.39 is 0 Å². The van der Waals surface area contributed by atoms with Crippen molar-refractivity contribution in [3.63, 3.8) is 0 Å². The first kappa shape index (κ1) is 15.9. The summed E-state index contributed by atoms with van der Waals surface area (Å²) in [4.78, 5) is 0. The van der Waals surface area contributed by atoms with Gasteiger partial charge in [-0.2, -0.15) is 0 Å². The zero-order valence-electron chi connectivity index (χ0n) is 12.6. The van der Waals surface area contributed by atoms with Crippen LogP contribution in [0, 0.1) is 6.92 Å². The van der Waals surface area contributed by atoms with Crippen LogP contribution in [-0.2, 0) is 0 Å². The molecule has 1 atom stereocenters. The average Bonchev–Trinajstić information content (AvgIpc) is 2.93. The van der Waals surface area contributed by atoms with Gasteiger partial charge < -0.3 is 14.5 Å². The number of hydrogen-bond acceptors (Lipinski definition) is 6. The van der Waals surface area contributed by atoms with Gasteiger partial charge in [-0.25, -0.2) is 0 Å². The van der Waals surface area contributed by atoms with E-state index in [4.69, 9.17) is 9.15 Å². The second-order valence-corrected chi connectivity index (χ2v) is 5.65. The van der Waals surface area contributed by atoms with E-state index in [0.29, 0.717) is 11.1 Å². The molecule has 0 bridgehead atoms. The normalized spacial score (nSPS) is 12.3. The summed E-state index contributed by atoms with van der Waals surface area (Å²) >= 11 is 1.57. The van der Waals surface area contributed by atoms with Crippen molar-refractivity contribution in [2.24, 2.45) is 0 Å². The molecule has 0 aliphatic rings. The lowest BCUT2D eigenvalue weighted by Crippen LogP contribution is -2.24. The molecule has 1 N–H and O–H groups in total. The van der Waals surface area contributed by atoms with Crippen LogP contribution in [0.5, 0.6) is 5.75 Å². The molecular formula is C15H21N3O2S. The van der Waals surface area contributed by atoms with Gasteiger partial charge in [0.1, 0.15) is 5.75 Å². The smallest absolute Gasteiger partial charge is 0.276 e. The highest BCUT2D eigenvalue weighted by atomic mass is 32.2. The van der Waals surface area contributed by atoms with Crippen molar-refractivity contribution >= 4 is 11.8 Å². The fourth-order valence-corrected chi connectivity index (χ4v) is 2.82. The van der Waals surface area contributed by atoms with Crippen LogP contribution < -0.4 is 10.1 Å². The number of thioether (sulfide) groups is 1. The summed E-state index contributed by atoms with van der Waals surface area (Å²) in [6.07, 6.45) is 1.09. The van der Waals surface area contributed by atoms with E-state index in [1.54, 1.807) is 25.8 Å². The monoisotopic (exact) mass is 307 g/mol. The van der Waals surface area contributed by atoms with Gasteiger partial charge in [0.25, 0.3) is 5.22 Å². The molecule has 0 amide bonds. The van der Waals surface area contributed by atoms with Gasteiger partial charge in [0.15, 0.2) is 0 Å². The van der Waals surface area contributed by atoms with Gasteiger partial charge in [0.2, 0.25) is 5.89 Å². The minimum absolute atomic E-state index is 0.244. The lowest BCUT2D eigenvalue weighted by atomic mass is 10.1. The second kappa shape index (κ2) is 8.05. The summed E-state index contributed by atoms with van der Waals surface area (Å²) < 4.78 is 10.6. The lowest BCUT2D eigenvalue weighted by Gasteiger charge is -2.18. The Morgan fingerprint density at radius 3 is 2.62 bits per heavy atom. The molecule has 0 saturated carbocycles. The summed E-state index contributed by atoms with van der Waals surface area (Å²) in [5.41, 5.74) is 1.23. The Morgan fingerprint density at radius 2 is 2.05 bits per heavy atom. The number of nitrogens with one attached hydrogen (secondary N) is 1. The van der Waals surface area contributed by atoms with Crippen LogP contribution in [0.25, 0.3) is 0 Å². The number of ether oxygens (including phenoxy) is 1. The maximum absolute atomic E-state index is 5.40. The van der Waals surface area contributed by atoms with E-state index in [9.17, 15) is 0 Å². The molecule has 0 fully saturated rings. The topological polar surface area (TPSA) is 60.2 Å². The molecule has 1 unspecified atom stereocenters. The molecule has 6 heteroatoms. The van der Waals surface area contributed by atoms with Gasteiger partial charge >= 0.3 is 0 Å². The van der Waals surface area contributed by atoms with E-state index in [1.807, 2.05) is 12.1 Å². The largest absolute Gasteiger partial charge is 0.497 e. The molecule has 21 heavy (non-hydrogen) atoms. The Labute approximate surface area is 129 Å². The van der Waals surface area contributed by atoms with Gasteiger partial charge in [-0.1, -0.05) is 30.8 Å². The van der Waals surface area contributed by atoms with Crippen LogP contribution in [-0.4, -0.2) is 29.6 Å². The Kier molecular flexibility index (Phi) is 6.07. The highest BCUT2D eigenvalue weighted by molar-refractivity contribution is 7.99. The molecule has 0 radical (unpaired) electrons. The Balaban J connectivity index is 2.01. The van der Waals surface area contributed by atoms with Gasteiger partial charge in [-0.15, -0.1) is 10.2 Å². The predicted molar refractivity (Wildman–Crippen MR) is 83.8 cm³/mol. The van der Waals surface area contributed by atoms with Crippen LogP contribution in [0.3, 0.4) is 0 Å². The molecule has 1 heterocycles. The molecule has 0 aliphatic carbocycles. The quantitative estimate of drug-likeness (QED) is 0.756. The number of nitrogens with zero attached hydrogens (tertiary/aromatic N) is 2. The third kappa shape index (κ3) is 4.75. The van der Waals surface area contributed by atoms with E-state index in [1.165, 1.54) is 5.56 Å². The molecule has 1 aromatic carbocycles. The fraction of sp³-hybridized carbons (Fsp3) is 0.467. The van der Waals surface area contributed by atoms with Gasteiger partial charge in [0.05, 0.1) is 7.11 Å². The number of aryl methyl sites for hydroxylation is 1. The first-order chi connectivity index (χ1) is 10.2. The summed E-state index contributed by atoms with van der Waals surface area (Å²) in [7, 11) is 1.68. The Morgan fingerprint density at radius 1 is 1.29 bits per heavy atom. The van der Waals surface area contributed by atoms with Crippen LogP contribution in [0.15, 0.2) is 33.9 Å². The zero-order chi connectivity index (χ0) is 15.1. The van der Waals surface area contributed by atoms with E-state index in [-0.39, 0.29) is 6.04 Å². The van der Waals surface area contributed by atoms with Crippen molar-refractivity contribution in [2.45, 2.75) is 31.5 Å². The first-order valence-electron chi connectivity index (χ1n) is 7.03. The van der Waals surface area contributed by atoms with Crippen molar-refractivity contribution in [3.05, 3.63) is 35.7 Å². The summed E-state index contributed by atoms with van der Waals surface area (Å²) in [5, 5.41) is 12.0. The molecule has 114 valence electrons. The molecule has 2 aromatic rings. The molecule has 1 aromatic heterocycles. The molecule has 0 spiro atoms. The maximum atomic E-state index is 5.40. The van der Waals surface area contributed by atoms with Crippen molar-refractivity contribution < 1.29 is 9.15 Å². The molecule has 0 aliphatic heterocycles. The Bertz CT molecular complexity index is 542. The van der Waals surface area contributed by atoms with Crippen molar-refractivity contribution in [1.82, 2.24) is 15.5 Å². The standard InChI is InChI=1S/C15H21N3O2S/c1-4-9-16-14(10-21-15-18-17-11(2)20-15)12-5-7-13(19-3)8-6-12/h5-8,14,16H,4,9-10H2,1-3H3. The summed E-state index contributed by atoms with van der Waals surface area (Å²) in [6, 6.07) is 8.39. The number of hydrogen-bond donors (Lipinski definition) is 1. The molecule has 5 nitrogen and oxygen atoms in total. The maximum Gasteiger partial charge on any atom is 0.276 e. The minimum Gasteiger partial charge on any atom is -0.497 e. The predicted octanol–water partition coefficient (Wildman–Crippen LogP) is 3.22. The minimum atomic E-state index is 0.244. The average molecular weight is 307 g/mol. The van der Waals surface area contributed by atoms with Crippen molar-refractivity contribution in [3.8, 4) is 5.75 Å². The molecule has 2 rings (SSSR count). The summed E-state index contributed by atoms with van der Waals surface area (Å²) in [5.74, 6) is 2.31. The summed E-state index contributed by atoms with van der Waals surface area (Å²) in [6.45, 7) is 4.93. The first-order valence-corrected chi connectivity index (χ1v) is 8.01. The molecular weight excluding hydrogens is 286 g/mol. The number of methoxy groups -OCH3 is 1. The van der Waals surface area contributed by atoms with E-state index in [2.05, 4.69) is 34.6 Å². The second-order valence-electron chi connectivity index (χ2n) is 4.68.